The number of piperidine rings is 1. The van der Waals surface area contributed by atoms with E-state index in [1.807, 2.05) is 0 Å². The molecule has 108 valence electrons. The van der Waals surface area contributed by atoms with Crippen LogP contribution in [0.15, 0.2) is 16.8 Å². The molecule has 1 aliphatic rings. The standard InChI is InChI=1S/C15H27N3S/c1-12(16)15(14-6-9-19-11-14)18(3)10-13-4-7-17(2)8-5-13/h6,9,11-13,15H,4-5,7-8,10,16H2,1-3H3. The fraction of sp³-hybridized carbons (Fsp3) is 0.733. The first kappa shape index (κ1) is 15.0. The van der Waals surface area contributed by atoms with Gasteiger partial charge >= 0.3 is 0 Å². The normalized spacial score (nSPS) is 21.7. The molecule has 0 amide bonds. The minimum absolute atomic E-state index is 0.172. The summed E-state index contributed by atoms with van der Waals surface area (Å²) in [6.07, 6.45) is 2.63. The fourth-order valence-corrected chi connectivity index (χ4v) is 3.86. The van der Waals surface area contributed by atoms with Gasteiger partial charge in [0.2, 0.25) is 0 Å². The van der Waals surface area contributed by atoms with Crippen molar-refractivity contribution in [1.29, 1.82) is 0 Å². The largest absolute Gasteiger partial charge is 0.326 e. The molecule has 0 bridgehead atoms. The fourth-order valence-electron chi connectivity index (χ4n) is 3.17. The number of nitrogens with zero attached hydrogens (tertiary/aromatic N) is 2. The zero-order valence-electron chi connectivity index (χ0n) is 12.4. The van der Waals surface area contributed by atoms with Crippen molar-refractivity contribution in [1.82, 2.24) is 9.80 Å². The van der Waals surface area contributed by atoms with Crippen LogP contribution in [-0.2, 0) is 0 Å². The van der Waals surface area contributed by atoms with Crippen molar-refractivity contribution in [2.45, 2.75) is 31.8 Å². The molecule has 3 nitrogen and oxygen atoms in total. The van der Waals surface area contributed by atoms with E-state index in [0.717, 1.165) is 12.5 Å². The number of likely N-dealkylation sites (N-methyl/N-ethyl adjacent to an activating group) is 1. The van der Waals surface area contributed by atoms with Gasteiger partial charge in [-0.05, 0) is 75.3 Å². The molecule has 0 radical (unpaired) electrons. The van der Waals surface area contributed by atoms with Crippen LogP contribution in [0, 0.1) is 5.92 Å². The summed E-state index contributed by atoms with van der Waals surface area (Å²) in [5.74, 6) is 0.820. The highest BCUT2D eigenvalue weighted by atomic mass is 32.1. The Morgan fingerprint density at radius 2 is 2.16 bits per heavy atom. The number of thiophene rings is 1. The summed E-state index contributed by atoms with van der Waals surface area (Å²) in [5.41, 5.74) is 7.58. The molecule has 19 heavy (non-hydrogen) atoms. The van der Waals surface area contributed by atoms with E-state index in [0.29, 0.717) is 6.04 Å². The lowest BCUT2D eigenvalue weighted by Crippen LogP contribution is -2.41. The van der Waals surface area contributed by atoms with Crippen LogP contribution in [0.5, 0.6) is 0 Å². The topological polar surface area (TPSA) is 32.5 Å². The summed E-state index contributed by atoms with van der Waals surface area (Å²) >= 11 is 1.76. The Morgan fingerprint density at radius 1 is 1.47 bits per heavy atom. The first-order valence-electron chi connectivity index (χ1n) is 7.24. The Balaban J connectivity index is 1.94. The van der Waals surface area contributed by atoms with Crippen molar-refractivity contribution in [2.24, 2.45) is 11.7 Å². The SMILES string of the molecule is CC(N)C(c1ccsc1)N(C)CC1CCN(C)CC1. The van der Waals surface area contributed by atoms with E-state index in [4.69, 9.17) is 5.73 Å². The average molecular weight is 281 g/mol. The van der Waals surface area contributed by atoms with Gasteiger partial charge in [0.25, 0.3) is 0 Å². The second-order valence-electron chi connectivity index (χ2n) is 6.05. The van der Waals surface area contributed by atoms with Crippen LogP contribution in [0.1, 0.15) is 31.4 Å². The average Bonchev–Trinajstić information content (AvgIpc) is 2.85. The maximum atomic E-state index is 6.21. The lowest BCUT2D eigenvalue weighted by Gasteiger charge is -2.36. The third-order valence-electron chi connectivity index (χ3n) is 4.24. The third-order valence-corrected chi connectivity index (χ3v) is 4.94. The van der Waals surface area contributed by atoms with Gasteiger partial charge in [-0.25, -0.2) is 0 Å². The summed E-state index contributed by atoms with van der Waals surface area (Å²) < 4.78 is 0. The van der Waals surface area contributed by atoms with Crippen molar-refractivity contribution in [2.75, 3.05) is 33.7 Å². The number of rotatable bonds is 5. The van der Waals surface area contributed by atoms with Crippen molar-refractivity contribution in [3.05, 3.63) is 22.4 Å². The zero-order valence-corrected chi connectivity index (χ0v) is 13.2. The Morgan fingerprint density at radius 3 is 2.68 bits per heavy atom. The molecular weight excluding hydrogens is 254 g/mol. The predicted octanol–water partition coefficient (Wildman–Crippen LogP) is 2.41. The summed E-state index contributed by atoms with van der Waals surface area (Å²) in [6, 6.07) is 2.74. The Bertz CT molecular complexity index is 355. The van der Waals surface area contributed by atoms with Gasteiger partial charge in [-0.1, -0.05) is 0 Å². The monoisotopic (exact) mass is 281 g/mol. The molecule has 1 saturated heterocycles. The lowest BCUT2D eigenvalue weighted by molar-refractivity contribution is 0.140. The van der Waals surface area contributed by atoms with Crippen LogP contribution in [0.25, 0.3) is 0 Å². The van der Waals surface area contributed by atoms with Gasteiger partial charge in [-0.2, -0.15) is 11.3 Å². The smallest absolute Gasteiger partial charge is 0.0501 e. The number of nitrogens with two attached hydrogens (primary N) is 1. The first-order chi connectivity index (χ1) is 9.08. The van der Waals surface area contributed by atoms with Crippen LogP contribution in [0.4, 0.5) is 0 Å². The maximum absolute atomic E-state index is 6.21. The van der Waals surface area contributed by atoms with E-state index in [1.165, 1.54) is 31.5 Å². The number of likely N-dealkylation sites (tertiary alicyclic amines) is 1. The molecule has 2 rings (SSSR count). The first-order valence-corrected chi connectivity index (χ1v) is 8.18. The van der Waals surface area contributed by atoms with Crippen molar-refractivity contribution in [3.8, 4) is 0 Å². The molecule has 1 aromatic heterocycles. The van der Waals surface area contributed by atoms with E-state index >= 15 is 0 Å². The Hall–Kier alpha value is -0.420. The molecule has 2 unspecified atom stereocenters. The van der Waals surface area contributed by atoms with E-state index in [-0.39, 0.29) is 6.04 Å². The summed E-state index contributed by atoms with van der Waals surface area (Å²) in [5, 5.41) is 4.38. The van der Waals surface area contributed by atoms with Gasteiger partial charge in [0.1, 0.15) is 0 Å². The molecule has 1 fully saturated rings. The molecule has 0 saturated carbocycles. The van der Waals surface area contributed by atoms with E-state index in [2.05, 4.69) is 47.6 Å². The Kier molecular flexibility index (Phi) is 5.39. The van der Waals surface area contributed by atoms with Gasteiger partial charge < -0.3 is 10.6 Å². The van der Waals surface area contributed by atoms with Crippen molar-refractivity contribution >= 4 is 11.3 Å². The highest BCUT2D eigenvalue weighted by Gasteiger charge is 2.25. The molecule has 2 N–H and O–H groups in total. The van der Waals surface area contributed by atoms with Crippen molar-refractivity contribution < 1.29 is 0 Å². The van der Waals surface area contributed by atoms with Crippen LogP contribution in [0.2, 0.25) is 0 Å². The van der Waals surface area contributed by atoms with E-state index in [9.17, 15) is 0 Å². The van der Waals surface area contributed by atoms with Gasteiger partial charge in [-0.15, -0.1) is 0 Å². The molecule has 0 spiro atoms. The maximum Gasteiger partial charge on any atom is 0.0501 e. The second kappa shape index (κ2) is 6.84. The van der Waals surface area contributed by atoms with Gasteiger partial charge in [0, 0.05) is 12.6 Å². The van der Waals surface area contributed by atoms with Gasteiger partial charge in [0.15, 0.2) is 0 Å². The third kappa shape index (κ3) is 4.02. The summed E-state index contributed by atoms with van der Waals surface area (Å²) in [6.45, 7) is 5.75. The van der Waals surface area contributed by atoms with Gasteiger partial charge in [0.05, 0.1) is 6.04 Å². The number of hydrogen-bond acceptors (Lipinski definition) is 4. The Labute approximate surface area is 121 Å². The summed E-state index contributed by atoms with van der Waals surface area (Å²) in [7, 11) is 4.44. The molecule has 2 atom stereocenters. The van der Waals surface area contributed by atoms with Crippen LogP contribution < -0.4 is 5.73 Å². The van der Waals surface area contributed by atoms with Gasteiger partial charge in [-0.3, -0.25) is 4.90 Å². The highest BCUT2D eigenvalue weighted by molar-refractivity contribution is 7.07. The predicted molar refractivity (Wildman–Crippen MR) is 83.6 cm³/mol. The molecule has 0 aromatic carbocycles. The molecule has 0 aliphatic carbocycles. The quantitative estimate of drug-likeness (QED) is 0.899. The number of hydrogen-bond donors (Lipinski definition) is 1. The zero-order chi connectivity index (χ0) is 13.8. The molecule has 2 heterocycles. The van der Waals surface area contributed by atoms with E-state index < -0.39 is 0 Å². The lowest BCUT2D eigenvalue weighted by atomic mass is 9.94. The minimum atomic E-state index is 0.172. The molecule has 1 aromatic rings. The summed E-state index contributed by atoms with van der Waals surface area (Å²) in [4.78, 5) is 4.89. The van der Waals surface area contributed by atoms with Crippen LogP contribution >= 0.6 is 11.3 Å². The second-order valence-corrected chi connectivity index (χ2v) is 6.83. The minimum Gasteiger partial charge on any atom is -0.326 e. The van der Waals surface area contributed by atoms with Crippen LogP contribution in [0.3, 0.4) is 0 Å². The van der Waals surface area contributed by atoms with Crippen LogP contribution in [-0.4, -0.2) is 49.6 Å². The molecule has 4 heteroatoms. The molecule has 1 aliphatic heterocycles. The molecular formula is C15H27N3S. The van der Waals surface area contributed by atoms with Crippen molar-refractivity contribution in [3.63, 3.8) is 0 Å². The highest BCUT2D eigenvalue weighted by Crippen LogP contribution is 2.27. The van der Waals surface area contributed by atoms with E-state index in [1.54, 1.807) is 11.3 Å².